The Hall–Kier alpha value is -2.30. The third-order valence-electron chi connectivity index (χ3n) is 5.15. The molecular weight excluding hydrogens is 350 g/mol. The number of carbonyl (C=O) groups is 1. The van der Waals surface area contributed by atoms with Gasteiger partial charge in [0.25, 0.3) is 5.91 Å². The summed E-state index contributed by atoms with van der Waals surface area (Å²) in [5.74, 6) is 0.121. The van der Waals surface area contributed by atoms with Gasteiger partial charge in [-0.2, -0.15) is 0 Å². The number of methoxy groups -OCH3 is 1. The van der Waals surface area contributed by atoms with Gasteiger partial charge in [0, 0.05) is 23.1 Å². The lowest BCUT2D eigenvalue weighted by Gasteiger charge is -2.43. The number of fused-ring (bicyclic) bond motifs is 1. The maximum atomic E-state index is 13.1. The zero-order valence-electron chi connectivity index (χ0n) is 14.5. The van der Waals surface area contributed by atoms with E-state index in [1.165, 1.54) is 0 Å². The molecule has 4 nitrogen and oxygen atoms in total. The Kier molecular flexibility index (Phi) is 4.47. The molecule has 4 rings (SSSR count). The van der Waals surface area contributed by atoms with E-state index in [1.54, 1.807) is 7.11 Å². The smallest absolute Gasteiger partial charge is 0.288 e. The summed E-state index contributed by atoms with van der Waals surface area (Å²) in [6.07, 6.45) is 2.88. The summed E-state index contributed by atoms with van der Waals surface area (Å²) in [5.41, 5.74) is 2.20. The van der Waals surface area contributed by atoms with E-state index in [9.17, 15) is 4.79 Å². The van der Waals surface area contributed by atoms with Gasteiger partial charge in [0.15, 0.2) is 5.76 Å². The molecule has 0 saturated heterocycles. The highest BCUT2D eigenvalue weighted by atomic mass is 35.5. The zero-order valence-corrected chi connectivity index (χ0v) is 15.3. The van der Waals surface area contributed by atoms with Crippen LogP contribution in [0.3, 0.4) is 0 Å². The van der Waals surface area contributed by atoms with Crippen LogP contribution < -0.4 is 5.32 Å². The third-order valence-corrected chi connectivity index (χ3v) is 5.40. The standard InChI is InChI=1S/C21H20ClNO3/c1-25-13-17-16-5-2-3-6-18(16)26-19(17)20(24)23-21(11-4-12-21)14-7-9-15(22)10-8-14/h2-3,5-10H,4,11-13H2,1H3,(H,23,24). The average molecular weight is 370 g/mol. The summed E-state index contributed by atoms with van der Waals surface area (Å²) in [6, 6.07) is 15.3. The van der Waals surface area contributed by atoms with Crippen LogP contribution in [0.1, 0.15) is 40.9 Å². The number of rotatable bonds is 5. The molecular formula is C21H20ClNO3. The van der Waals surface area contributed by atoms with Crippen molar-refractivity contribution in [3.8, 4) is 0 Å². The normalized spacial score (nSPS) is 15.6. The van der Waals surface area contributed by atoms with Crippen LogP contribution in [-0.4, -0.2) is 13.0 Å². The number of carbonyl (C=O) groups excluding carboxylic acids is 1. The molecule has 26 heavy (non-hydrogen) atoms. The first-order chi connectivity index (χ1) is 12.6. The predicted molar refractivity (Wildman–Crippen MR) is 101 cm³/mol. The monoisotopic (exact) mass is 369 g/mol. The maximum Gasteiger partial charge on any atom is 0.288 e. The minimum Gasteiger partial charge on any atom is -0.451 e. The molecule has 1 aromatic heterocycles. The zero-order chi connectivity index (χ0) is 18.1. The van der Waals surface area contributed by atoms with Gasteiger partial charge in [-0.25, -0.2) is 0 Å². The van der Waals surface area contributed by atoms with Crippen LogP contribution in [0.5, 0.6) is 0 Å². The van der Waals surface area contributed by atoms with Crippen LogP contribution in [0.25, 0.3) is 11.0 Å². The van der Waals surface area contributed by atoms with E-state index in [0.29, 0.717) is 23.0 Å². The molecule has 0 spiro atoms. The van der Waals surface area contributed by atoms with Crippen molar-refractivity contribution in [2.24, 2.45) is 0 Å². The van der Waals surface area contributed by atoms with Crippen molar-refractivity contribution >= 4 is 28.5 Å². The lowest BCUT2D eigenvalue weighted by Crippen LogP contribution is -2.50. The highest BCUT2D eigenvalue weighted by Gasteiger charge is 2.41. The number of para-hydroxylation sites is 1. The maximum absolute atomic E-state index is 13.1. The van der Waals surface area contributed by atoms with E-state index in [2.05, 4.69) is 5.32 Å². The van der Waals surface area contributed by atoms with Gasteiger partial charge in [0.1, 0.15) is 5.58 Å². The fourth-order valence-electron chi connectivity index (χ4n) is 3.63. The quantitative estimate of drug-likeness (QED) is 0.685. The van der Waals surface area contributed by atoms with Crippen molar-refractivity contribution in [3.63, 3.8) is 0 Å². The molecule has 0 unspecified atom stereocenters. The Bertz CT molecular complexity index is 942. The van der Waals surface area contributed by atoms with Crippen molar-refractivity contribution in [2.45, 2.75) is 31.4 Å². The molecule has 1 aliphatic carbocycles. The van der Waals surface area contributed by atoms with E-state index in [4.69, 9.17) is 20.8 Å². The number of hydrogen-bond acceptors (Lipinski definition) is 3. The number of nitrogens with one attached hydrogen (secondary N) is 1. The molecule has 134 valence electrons. The van der Waals surface area contributed by atoms with Crippen LogP contribution in [0, 0.1) is 0 Å². The minimum atomic E-state index is -0.356. The van der Waals surface area contributed by atoms with Crippen molar-refractivity contribution in [3.05, 3.63) is 70.4 Å². The third kappa shape index (κ3) is 2.89. The van der Waals surface area contributed by atoms with Gasteiger partial charge in [-0.3, -0.25) is 4.79 Å². The first-order valence-corrected chi connectivity index (χ1v) is 9.09. The molecule has 1 aliphatic rings. The summed E-state index contributed by atoms with van der Waals surface area (Å²) in [5, 5.41) is 4.81. The van der Waals surface area contributed by atoms with Crippen LogP contribution in [0.4, 0.5) is 0 Å². The van der Waals surface area contributed by atoms with Crippen molar-refractivity contribution in [2.75, 3.05) is 7.11 Å². The second kappa shape index (κ2) is 6.78. The summed E-state index contributed by atoms with van der Waals surface area (Å²) in [4.78, 5) is 13.1. The summed E-state index contributed by atoms with van der Waals surface area (Å²) in [7, 11) is 1.62. The molecule has 0 aliphatic heterocycles. The molecule has 5 heteroatoms. The topological polar surface area (TPSA) is 51.5 Å². The summed E-state index contributed by atoms with van der Waals surface area (Å²) < 4.78 is 11.2. The largest absolute Gasteiger partial charge is 0.451 e. The van der Waals surface area contributed by atoms with Gasteiger partial charge in [0.2, 0.25) is 0 Å². The second-order valence-corrected chi connectivity index (χ2v) is 7.17. The molecule has 1 N–H and O–H groups in total. The van der Waals surface area contributed by atoms with Crippen molar-refractivity contribution in [1.29, 1.82) is 0 Å². The number of amides is 1. The summed E-state index contributed by atoms with van der Waals surface area (Å²) in [6.45, 7) is 0.327. The van der Waals surface area contributed by atoms with Crippen molar-refractivity contribution < 1.29 is 13.9 Å². The molecule has 1 amide bonds. The first-order valence-electron chi connectivity index (χ1n) is 8.71. The Morgan fingerprint density at radius 2 is 1.92 bits per heavy atom. The Morgan fingerprint density at radius 1 is 1.19 bits per heavy atom. The minimum absolute atomic E-state index is 0.206. The van der Waals surface area contributed by atoms with Crippen molar-refractivity contribution in [1.82, 2.24) is 5.32 Å². The van der Waals surface area contributed by atoms with E-state index in [0.717, 1.165) is 35.8 Å². The van der Waals surface area contributed by atoms with Crippen LogP contribution in [-0.2, 0) is 16.9 Å². The van der Waals surface area contributed by atoms with E-state index >= 15 is 0 Å². The second-order valence-electron chi connectivity index (χ2n) is 6.74. The number of furan rings is 1. The van der Waals surface area contributed by atoms with E-state index in [-0.39, 0.29) is 11.4 Å². The fraction of sp³-hybridized carbons (Fsp3) is 0.286. The van der Waals surface area contributed by atoms with Gasteiger partial charge in [-0.05, 0) is 43.0 Å². The highest BCUT2D eigenvalue weighted by Crippen LogP contribution is 2.42. The lowest BCUT2D eigenvalue weighted by molar-refractivity contribution is 0.0790. The first kappa shape index (κ1) is 17.1. The van der Waals surface area contributed by atoms with Gasteiger partial charge in [0.05, 0.1) is 12.1 Å². The number of ether oxygens (including phenoxy) is 1. The highest BCUT2D eigenvalue weighted by molar-refractivity contribution is 6.30. The fourth-order valence-corrected chi connectivity index (χ4v) is 3.76. The molecule has 1 saturated carbocycles. The van der Waals surface area contributed by atoms with Crippen LogP contribution >= 0.6 is 11.6 Å². The van der Waals surface area contributed by atoms with Crippen LogP contribution in [0.2, 0.25) is 5.02 Å². The molecule has 3 aromatic rings. The number of benzene rings is 2. The molecule has 0 radical (unpaired) electrons. The Balaban J connectivity index is 1.68. The predicted octanol–water partition coefficient (Wildman–Crippen LogP) is 5.04. The molecule has 1 fully saturated rings. The van der Waals surface area contributed by atoms with Gasteiger partial charge in [-0.15, -0.1) is 0 Å². The molecule has 1 heterocycles. The van der Waals surface area contributed by atoms with Gasteiger partial charge >= 0.3 is 0 Å². The summed E-state index contributed by atoms with van der Waals surface area (Å²) >= 11 is 6.01. The van der Waals surface area contributed by atoms with Gasteiger partial charge in [-0.1, -0.05) is 41.9 Å². The Labute approximate surface area is 157 Å². The number of halogens is 1. The average Bonchev–Trinajstić information content (AvgIpc) is 2.98. The van der Waals surface area contributed by atoms with Crippen LogP contribution in [0.15, 0.2) is 52.9 Å². The van der Waals surface area contributed by atoms with Gasteiger partial charge < -0.3 is 14.5 Å². The molecule has 0 atom stereocenters. The van der Waals surface area contributed by atoms with E-state index < -0.39 is 0 Å². The Morgan fingerprint density at radius 3 is 2.58 bits per heavy atom. The lowest BCUT2D eigenvalue weighted by atomic mass is 9.71. The molecule has 0 bridgehead atoms. The number of hydrogen-bond donors (Lipinski definition) is 1. The SMILES string of the molecule is COCc1c(C(=O)NC2(c3ccc(Cl)cc3)CCC2)oc2ccccc12. The molecule has 2 aromatic carbocycles. The van der Waals surface area contributed by atoms with E-state index in [1.807, 2.05) is 48.5 Å².